The van der Waals surface area contributed by atoms with Crippen molar-refractivity contribution in [3.05, 3.63) is 94.6 Å². The molecule has 0 aliphatic carbocycles. The van der Waals surface area contributed by atoms with Crippen molar-refractivity contribution in [1.29, 1.82) is 0 Å². The number of hydrazone groups is 1. The van der Waals surface area contributed by atoms with Crippen molar-refractivity contribution < 1.29 is 9.47 Å². The smallest absolute Gasteiger partial charge is 0.161 e. The number of nitrogens with one attached hydrogen (secondary N) is 1. The summed E-state index contributed by atoms with van der Waals surface area (Å²) < 4.78 is 12.9. The van der Waals surface area contributed by atoms with Gasteiger partial charge in [0.05, 0.1) is 27.0 Å². The molecule has 0 aliphatic rings. The van der Waals surface area contributed by atoms with Crippen molar-refractivity contribution in [3.8, 4) is 11.5 Å². The number of benzene rings is 3. The summed E-state index contributed by atoms with van der Waals surface area (Å²) in [6, 6.07) is 22.1. The number of hydrogen-bond donors (Lipinski definition) is 1. The van der Waals surface area contributed by atoms with Gasteiger partial charge in [0, 0.05) is 34.2 Å². The predicted molar refractivity (Wildman–Crippen MR) is 126 cm³/mol. The number of hydrogen-bond acceptors (Lipinski definition) is 4. The van der Waals surface area contributed by atoms with Crippen molar-refractivity contribution in [3.63, 3.8) is 0 Å². The standard InChI is InChI=1S/C25H24ClN3O2/c1-30-24-12-9-19(13-25(24)31-2)14-27-28-15-20-17-29(23-6-4-3-5-22(20)23)16-18-7-10-21(26)11-8-18/h3-13,15,17,27H,14,16H2,1-2H3/b28-15+. The van der Waals surface area contributed by atoms with Gasteiger partial charge in [-0.2, -0.15) is 5.10 Å². The first-order valence-electron chi connectivity index (χ1n) is 9.97. The van der Waals surface area contributed by atoms with Crippen LogP contribution >= 0.6 is 11.6 Å². The quantitative estimate of drug-likeness (QED) is 0.295. The molecule has 0 spiro atoms. The molecule has 0 aliphatic heterocycles. The Morgan fingerprint density at radius 3 is 2.45 bits per heavy atom. The van der Waals surface area contributed by atoms with Crippen LogP contribution in [0.1, 0.15) is 16.7 Å². The average Bonchev–Trinajstić information content (AvgIpc) is 3.15. The van der Waals surface area contributed by atoms with Gasteiger partial charge in [-0.1, -0.05) is 48.0 Å². The summed E-state index contributed by atoms with van der Waals surface area (Å²) in [4.78, 5) is 0. The van der Waals surface area contributed by atoms with Crippen molar-refractivity contribution in [1.82, 2.24) is 9.99 Å². The van der Waals surface area contributed by atoms with E-state index in [9.17, 15) is 0 Å². The Hall–Kier alpha value is -3.44. The minimum Gasteiger partial charge on any atom is -0.493 e. The Bertz CT molecular complexity index is 1200. The zero-order chi connectivity index (χ0) is 21.6. The molecule has 0 radical (unpaired) electrons. The van der Waals surface area contributed by atoms with E-state index in [1.807, 2.05) is 42.6 Å². The minimum absolute atomic E-state index is 0.584. The van der Waals surface area contributed by atoms with Gasteiger partial charge in [-0.15, -0.1) is 0 Å². The molecule has 0 saturated carbocycles. The fraction of sp³-hybridized carbons (Fsp3) is 0.160. The highest BCUT2D eigenvalue weighted by atomic mass is 35.5. The molecular formula is C25H24ClN3O2. The van der Waals surface area contributed by atoms with Crippen LogP contribution in [0.25, 0.3) is 10.9 Å². The number of rotatable bonds is 8. The van der Waals surface area contributed by atoms with Gasteiger partial charge in [0.2, 0.25) is 0 Å². The van der Waals surface area contributed by atoms with E-state index in [0.29, 0.717) is 18.0 Å². The second kappa shape index (κ2) is 9.58. The molecule has 1 heterocycles. The Balaban J connectivity index is 1.49. The Labute approximate surface area is 186 Å². The lowest BCUT2D eigenvalue weighted by molar-refractivity contribution is 0.354. The number of methoxy groups -OCH3 is 2. The highest BCUT2D eigenvalue weighted by molar-refractivity contribution is 6.30. The van der Waals surface area contributed by atoms with Gasteiger partial charge in [-0.25, -0.2) is 0 Å². The number of nitrogens with zero attached hydrogens (tertiary/aromatic N) is 2. The first-order chi connectivity index (χ1) is 15.2. The topological polar surface area (TPSA) is 47.8 Å². The summed E-state index contributed by atoms with van der Waals surface area (Å²) in [5, 5.41) is 6.34. The molecule has 0 saturated heterocycles. The predicted octanol–water partition coefficient (Wildman–Crippen LogP) is 5.48. The molecule has 1 aromatic heterocycles. The second-order valence-electron chi connectivity index (χ2n) is 7.14. The molecule has 6 heteroatoms. The third-order valence-electron chi connectivity index (χ3n) is 5.11. The Kier molecular flexibility index (Phi) is 6.43. The molecule has 0 amide bonds. The van der Waals surface area contributed by atoms with E-state index in [1.54, 1.807) is 14.2 Å². The molecule has 3 aromatic carbocycles. The van der Waals surface area contributed by atoms with Gasteiger partial charge in [-0.3, -0.25) is 0 Å². The fourth-order valence-electron chi connectivity index (χ4n) is 3.54. The van der Waals surface area contributed by atoms with Crippen LogP contribution in [0.3, 0.4) is 0 Å². The van der Waals surface area contributed by atoms with Crippen LogP contribution < -0.4 is 14.9 Å². The summed E-state index contributed by atoms with van der Waals surface area (Å²) in [6.07, 6.45) is 3.99. The van der Waals surface area contributed by atoms with E-state index in [1.165, 1.54) is 11.1 Å². The number of fused-ring (bicyclic) bond motifs is 1. The SMILES string of the molecule is COc1ccc(CN/N=C/c2cn(Cc3ccc(Cl)cc3)c3ccccc23)cc1OC. The van der Waals surface area contributed by atoms with Crippen LogP contribution in [0, 0.1) is 0 Å². The van der Waals surface area contributed by atoms with Crippen LogP contribution in [-0.2, 0) is 13.1 Å². The molecule has 0 atom stereocenters. The van der Waals surface area contributed by atoms with Gasteiger partial charge in [0.1, 0.15) is 0 Å². The molecule has 4 rings (SSSR count). The van der Waals surface area contributed by atoms with E-state index in [4.69, 9.17) is 21.1 Å². The van der Waals surface area contributed by atoms with E-state index in [0.717, 1.165) is 28.1 Å². The highest BCUT2D eigenvalue weighted by Crippen LogP contribution is 2.27. The van der Waals surface area contributed by atoms with Crippen molar-refractivity contribution in [2.24, 2.45) is 5.10 Å². The Morgan fingerprint density at radius 1 is 0.935 bits per heavy atom. The summed E-state index contributed by atoms with van der Waals surface area (Å²) in [5.74, 6) is 1.42. The third kappa shape index (κ3) is 4.84. The van der Waals surface area contributed by atoms with Crippen LogP contribution in [0.5, 0.6) is 11.5 Å². The molecule has 31 heavy (non-hydrogen) atoms. The van der Waals surface area contributed by atoms with Gasteiger partial charge >= 0.3 is 0 Å². The molecule has 0 bridgehead atoms. The van der Waals surface area contributed by atoms with Gasteiger partial charge in [0.15, 0.2) is 11.5 Å². The van der Waals surface area contributed by atoms with Gasteiger partial charge in [0.25, 0.3) is 0 Å². The summed E-state index contributed by atoms with van der Waals surface area (Å²) in [6.45, 7) is 1.35. The second-order valence-corrected chi connectivity index (χ2v) is 7.57. The maximum atomic E-state index is 6.02. The number of para-hydroxylation sites is 1. The monoisotopic (exact) mass is 433 g/mol. The van der Waals surface area contributed by atoms with E-state index in [2.05, 4.69) is 51.6 Å². The lowest BCUT2D eigenvalue weighted by Crippen LogP contribution is -2.06. The largest absolute Gasteiger partial charge is 0.493 e. The van der Waals surface area contributed by atoms with Gasteiger partial charge in [-0.05, 0) is 41.5 Å². The molecular weight excluding hydrogens is 410 g/mol. The highest BCUT2D eigenvalue weighted by Gasteiger charge is 2.08. The van der Waals surface area contributed by atoms with Crippen LogP contribution in [0.2, 0.25) is 5.02 Å². The van der Waals surface area contributed by atoms with Crippen LogP contribution in [0.4, 0.5) is 0 Å². The van der Waals surface area contributed by atoms with Crippen molar-refractivity contribution in [2.75, 3.05) is 14.2 Å². The van der Waals surface area contributed by atoms with Crippen LogP contribution in [0.15, 0.2) is 78.0 Å². The first-order valence-corrected chi connectivity index (χ1v) is 10.3. The van der Waals surface area contributed by atoms with E-state index in [-0.39, 0.29) is 0 Å². The zero-order valence-corrected chi connectivity index (χ0v) is 18.3. The molecule has 4 aromatic rings. The zero-order valence-electron chi connectivity index (χ0n) is 17.5. The lowest BCUT2D eigenvalue weighted by Gasteiger charge is -2.09. The fourth-order valence-corrected chi connectivity index (χ4v) is 3.66. The summed E-state index contributed by atoms with van der Waals surface area (Å²) >= 11 is 6.02. The van der Waals surface area contributed by atoms with Crippen molar-refractivity contribution in [2.45, 2.75) is 13.1 Å². The summed E-state index contributed by atoms with van der Waals surface area (Å²) in [5.41, 5.74) is 7.59. The molecule has 5 nitrogen and oxygen atoms in total. The molecule has 158 valence electrons. The third-order valence-corrected chi connectivity index (χ3v) is 5.36. The average molecular weight is 434 g/mol. The normalized spacial score (nSPS) is 11.2. The minimum atomic E-state index is 0.584. The maximum absolute atomic E-state index is 6.02. The number of ether oxygens (including phenoxy) is 2. The first kappa shape index (κ1) is 20.8. The maximum Gasteiger partial charge on any atom is 0.161 e. The number of halogens is 1. The van der Waals surface area contributed by atoms with E-state index >= 15 is 0 Å². The molecule has 0 fully saturated rings. The van der Waals surface area contributed by atoms with Gasteiger partial charge < -0.3 is 19.5 Å². The lowest BCUT2D eigenvalue weighted by atomic mass is 10.2. The van der Waals surface area contributed by atoms with Crippen LogP contribution in [-0.4, -0.2) is 25.0 Å². The molecule has 1 N–H and O–H groups in total. The van der Waals surface area contributed by atoms with E-state index < -0.39 is 0 Å². The molecule has 0 unspecified atom stereocenters. The van der Waals surface area contributed by atoms with Crippen molar-refractivity contribution >= 4 is 28.7 Å². The number of aromatic nitrogens is 1. The Morgan fingerprint density at radius 2 is 1.68 bits per heavy atom. The summed E-state index contributed by atoms with van der Waals surface area (Å²) in [7, 11) is 3.26.